The van der Waals surface area contributed by atoms with Crippen LogP contribution in [0, 0.1) is 5.82 Å². The van der Waals surface area contributed by atoms with Gasteiger partial charge in [0, 0.05) is 19.5 Å². The third kappa shape index (κ3) is 2.47. The first-order valence-electron chi connectivity index (χ1n) is 5.86. The van der Waals surface area contributed by atoms with Crippen molar-refractivity contribution < 1.29 is 9.18 Å². The van der Waals surface area contributed by atoms with Gasteiger partial charge in [-0.1, -0.05) is 12.1 Å². The maximum atomic E-state index is 12.9. The molecule has 4 heteroatoms. The quantitative estimate of drug-likeness (QED) is 0.808. The van der Waals surface area contributed by atoms with Gasteiger partial charge in [0.2, 0.25) is 5.91 Å². The van der Waals surface area contributed by atoms with E-state index in [0.717, 1.165) is 18.4 Å². The molecule has 2 atom stereocenters. The van der Waals surface area contributed by atoms with E-state index >= 15 is 0 Å². The summed E-state index contributed by atoms with van der Waals surface area (Å²) in [5.74, 6) is -0.169. The third-order valence-electron chi connectivity index (χ3n) is 3.36. The Labute approximate surface area is 100 Å². The molecule has 2 N–H and O–H groups in total. The van der Waals surface area contributed by atoms with Crippen LogP contribution in [0.2, 0.25) is 0 Å². The Kier molecular flexibility index (Phi) is 3.43. The van der Waals surface area contributed by atoms with Crippen LogP contribution in [-0.4, -0.2) is 23.9 Å². The van der Waals surface area contributed by atoms with Crippen molar-refractivity contribution in [1.29, 1.82) is 0 Å². The van der Waals surface area contributed by atoms with Gasteiger partial charge in [0.25, 0.3) is 0 Å². The van der Waals surface area contributed by atoms with Gasteiger partial charge in [-0.15, -0.1) is 0 Å². The number of carbonyl (C=O) groups is 1. The molecule has 0 saturated carbocycles. The van der Waals surface area contributed by atoms with Crippen molar-refractivity contribution in [3.05, 3.63) is 35.6 Å². The Morgan fingerprint density at radius 2 is 2.00 bits per heavy atom. The van der Waals surface area contributed by atoms with E-state index in [4.69, 9.17) is 5.73 Å². The average molecular weight is 236 g/mol. The molecule has 2 rings (SSSR count). The number of nitrogens with zero attached hydrogens (tertiary/aromatic N) is 1. The molecule has 0 aliphatic carbocycles. The van der Waals surface area contributed by atoms with Crippen LogP contribution in [0.1, 0.15) is 30.9 Å². The Hall–Kier alpha value is -1.42. The molecule has 2 unspecified atom stereocenters. The summed E-state index contributed by atoms with van der Waals surface area (Å²) in [6.45, 7) is 0. The van der Waals surface area contributed by atoms with Crippen LogP contribution in [0.3, 0.4) is 0 Å². The topological polar surface area (TPSA) is 46.3 Å². The number of hydrogen-bond donors (Lipinski definition) is 1. The van der Waals surface area contributed by atoms with Gasteiger partial charge >= 0.3 is 0 Å². The molecule has 0 bridgehead atoms. The number of carbonyl (C=O) groups excluding carboxylic acids is 1. The molecule has 0 radical (unpaired) electrons. The minimum atomic E-state index is -0.273. The van der Waals surface area contributed by atoms with Crippen molar-refractivity contribution in [3.8, 4) is 0 Å². The average Bonchev–Trinajstić information content (AvgIpc) is 2.42. The highest BCUT2D eigenvalue weighted by Crippen LogP contribution is 2.28. The van der Waals surface area contributed by atoms with Crippen molar-refractivity contribution in [2.24, 2.45) is 5.73 Å². The maximum Gasteiger partial charge on any atom is 0.222 e. The number of likely N-dealkylation sites (N-methyl/N-ethyl adjacent to an activating group) is 1. The largest absolute Gasteiger partial charge is 0.337 e. The molecule has 1 aromatic carbocycles. The van der Waals surface area contributed by atoms with E-state index < -0.39 is 0 Å². The molecule has 0 spiro atoms. The van der Waals surface area contributed by atoms with Crippen molar-refractivity contribution in [1.82, 2.24) is 4.90 Å². The fourth-order valence-electron chi connectivity index (χ4n) is 2.40. The number of likely N-dealkylation sites (tertiary alicyclic amines) is 1. The van der Waals surface area contributed by atoms with Gasteiger partial charge in [0.1, 0.15) is 5.82 Å². The molecule has 1 amide bonds. The highest BCUT2D eigenvalue weighted by atomic mass is 19.1. The Morgan fingerprint density at radius 3 is 2.65 bits per heavy atom. The van der Waals surface area contributed by atoms with E-state index in [1.54, 1.807) is 24.1 Å². The SMILES string of the molecule is CN1C(=O)CCCC(N)C1c1ccc(F)cc1. The van der Waals surface area contributed by atoms with E-state index in [9.17, 15) is 9.18 Å². The molecule has 92 valence electrons. The van der Waals surface area contributed by atoms with E-state index in [1.807, 2.05) is 0 Å². The first kappa shape index (κ1) is 12.0. The minimum absolute atomic E-state index is 0.0862. The second kappa shape index (κ2) is 4.84. The molecule has 1 aliphatic rings. The van der Waals surface area contributed by atoms with Gasteiger partial charge in [0.05, 0.1) is 6.04 Å². The fraction of sp³-hybridized carbons (Fsp3) is 0.462. The number of benzene rings is 1. The van der Waals surface area contributed by atoms with Gasteiger partial charge in [-0.25, -0.2) is 4.39 Å². The molecule has 1 fully saturated rings. The van der Waals surface area contributed by atoms with Crippen molar-refractivity contribution in [3.63, 3.8) is 0 Å². The molecular formula is C13H17FN2O. The molecule has 1 aromatic rings. The normalized spacial score (nSPS) is 25.8. The van der Waals surface area contributed by atoms with Crippen LogP contribution in [0.5, 0.6) is 0 Å². The summed E-state index contributed by atoms with van der Waals surface area (Å²) in [7, 11) is 1.77. The molecule has 17 heavy (non-hydrogen) atoms. The first-order chi connectivity index (χ1) is 8.09. The summed E-state index contributed by atoms with van der Waals surface area (Å²) >= 11 is 0. The standard InChI is InChI=1S/C13H17FN2O/c1-16-12(17)4-2-3-11(15)13(16)9-5-7-10(14)8-6-9/h5-8,11,13H,2-4,15H2,1H3. The Morgan fingerprint density at radius 1 is 1.35 bits per heavy atom. The second-order valence-corrected chi connectivity index (χ2v) is 4.56. The third-order valence-corrected chi connectivity index (χ3v) is 3.36. The van der Waals surface area contributed by atoms with Gasteiger partial charge in [-0.2, -0.15) is 0 Å². The molecule has 1 heterocycles. The van der Waals surface area contributed by atoms with Crippen LogP contribution in [-0.2, 0) is 4.79 Å². The first-order valence-corrected chi connectivity index (χ1v) is 5.86. The van der Waals surface area contributed by atoms with E-state index in [2.05, 4.69) is 0 Å². The Balaban J connectivity index is 2.32. The molecule has 3 nitrogen and oxygen atoms in total. The summed E-state index contributed by atoms with van der Waals surface area (Å²) in [5, 5.41) is 0. The second-order valence-electron chi connectivity index (χ2n) is 4.56. The maximum absolute atomic E-state index is 12.9. The Bertz CT molecular complexity index is 404. The highest BCUT2D eigenvalue weighted by molar-refractivity contribution is 5.76. The van der Waals surface area contributed by atoms with Crippen molar-refractivity contribution in [2.75, 3.05) is 7.05 Å². The van der Waals surface area contributed by atoms with E-state index in [1.165, 1.54) is 12.1 Å². The lowest BCUT2D eigenvalue weighted by atomic mass is 9.97. The lowest BCUT2D eigenvalue weighted by Gasteiger charge is -2.30. The highest BCUT2D eigenvalue weighted by Gasteiger charge is 2.30. The molecule has 0 aromatic heterocycles. The monoisotopic (exact) mass is 236 g/mol. The summed E-state index contributed by atoms with van der Waals surface area (Å²) in [6.07, 6.45) is 2.18. The van der Waals surface area contributed by atoms with E-state index in [-0.39, 0.29) is 23.8 Å². The van der Waals surface area contributed by atoms with Gasteiger partial charge in [0.15, 0.2) is 0 Å². The smallest absolute Gasteiger partial charge is 0.222 e. The van der Waals surface area contributed by atoms with Crippen LogP contribution in [0.15, 0.2) is 24.3 Å². The number of halogens is 1. The number of rotatable bonds is 1. The fourth-order valence-corrected chi connectivity index (χ4v) is 2.40. The van der Waals surface area contributed by atoms with Crippen LogP contribution >= 0.6 is 0 Å². The zero-order valence-electron chi connectivity index (χ0n) is 9.90. The van der Waals surface area contributed by atoms with Gasteiger partial charge in [-0.05, 0) is 30.5 Å². The predicted molar refractivity (Wildman–Crippen MR) is 63.7 cm³/mol. The number of hydrogen-bond acceptors (Lipinski definition) is 2. The summed E-state index contributed by atoms with van der Waals surface area (Å²) in [5.41, 5.74) is 7.01. The van der Waals surface area contributed by atoms with Crippen molar-refractivity contribution in [2.45, 2.75) is 31.3 Å². The summed E-state index contributed by atoms with van der Waals surface area (Å²) in [4.78, 5) is 13.5. The van der Waals surface area contributed by atoms with Gasteiger partial charge < -0.3 is 10.6 Å². The molecule has 1 saturated heterocycles. The number of amides is 1. The van der Waals surface area contributed by atoms with Crippen LogP contribution < -0.4 is 5.73 Å². The zero-order valence-corrected chi connectivity index (χ0v) is 9.90. The van der Waals surface area contributed by atoms with Crippen LogP contribution in [0.25, 0.3) is 0 Å². The van der Waals surface area contributed by atoms with Crippen LogP contribution in [0.4, 0.5) is 4.39 Å². The zero-order chi connectivity index (χ0) is 12.4. The van der Waals surface area contributed by atoms with Crippen molar-refractivity contribution >= 4 is 5.91 Å². The lowest BCUT2D eigenvalue weighted by Crippen LogP contribution is -2.39. The molecule has 1 aliphatic heterocycles. The predicted octanol–water partition coefficient (Wildman–Crippen LogP) is 1.84. The summed E-state index contributed by atoms with van der Waals surface area (Å²) in [6, 6.07) is 5.99. The molecular weight excluding hydrogens is 219 g/mol. The van der Waals surface area contributed by atoms with E-state index in [0.29, 0.717) is 6.42 Å². The minimum Gasteiger partial charge on any atom is -0.337 e. The van der Waals surface area contributed by atoms with Gasteiger partial charge in [-0.3, -0.25) is 4.79 Å². The number of nitrogens with two attached hydrogens (primary N) is 1. The lowest BCUT2D eigenvalue weighted by molar-refractivity contribution is -0.131. The summed E-state index contributed by atoms with van der Waals surface area (Å²) < 4.78 is 12.9.